The monoisotopic (exact) mass is 297 g/mol. The van der Waals surface area contributed by atoms with Crippen molar-refractivity contribution in [2.24, 2.45) is 0 Å². The number of hydrogen-bond donors (Lipinski definition) is 0. The van der Waals surface area contributed by atoms with Gasteiger partial charge in [-0.15, -0.1) is 0 Å². The summed E-state index contributed by atoms with van der Waals surface area (Å²) in [6.45, 7) is 7.65. The van der Waals surface area contributed by atoms with Crippen molar-refractivity contribution in [3.63, 3.8) is 0 Å². The normalized spacial score (nSPS) is 10.4. The summed E-state index contributed by atoms with van der Waals surface area (Å²) in [6.07, 6.45) is 0.990. The van der Waals surface area contributed by atoms with E-state index in [4.69, 9.17) is 0 Å². The standard InChI is InChI=1S/C14H20BrNO/c1-4-16(7-5-6-15)14(17)13-9-11(2)8-12(3)10-13/h8-10H,4-7H2,1-3H3. The summed E-state index contributed by atoms with van der Waals surface area (Å²) >= 11 is 3.40. The predicted molar refractivity (Wildman–Crippen MR) is 75.9 cm³/mol. The topological polar surface area (TPSA) is 20.3 Å². The van der Waals surface area contributed by atoms with Gasteiger partial charge < -0.3 is 4.90 Å². The smallest absolute Gasteiger partial charge is 0.253 e. The van der Waals surface area contributed by atoms with Crippen molar-refractivity contribution in [1.29, 1.82) is 0 Å². The molecule has 0 unspecified atom stereocenters. The molecule has 1 aromatic rings. The van der Waals surface area contributed by atoms with Gasteiger partial charge in [-0.1, -0.05) is 33.1 Å². The summed E-state index contributed by atoms with van der Waals surface area (Å²) in [5.74, 6) is 0.139. The Morgan fingerprint density at radius 1 is 1.24 bits per heavy atom. The first kappa shape index (κ1) is 14.2. The third kappa shape index (κ3) is 4.15. The fourth-order valence-electron chi connectivity index (χ4n) is 1.93. The van der Waals surface area contributed by atoms with Crippen LogP contribution in [0.3, 0.4) is 0 Å². The van der Waals surface area contributed by atoms with Crippen LogP contribution in [0.4, 0.5) is 0 Å². The minimum atomic E-state index is 0.139. The van der Waals surface area contributed by atoms with Crippen molar-refractivity contribution in [2.75, 3.05) is 18.4 Å². The van der Waals surface area contributed by atoms with Crippen molar-refractivity contribution in [1.82, 2.24) is 4.90 Å². The van der Waals surface area contributed by atoms with Crippen molar-refractivity contribution < 1.29 is 4.79 Å². The Balaban J connectivity index is 2.85. The molecule has 1 aromatic carbocycles. The molecule has 1 amide bonds. The van der Waals surface area contributed by atoms with E-state index >= 15 is 0 Å². The second-order valence-corrected chi connectivity index (χ2v) is 5.10. The fraction of sp³-hybridized carbons (Fsp3) is 0.500. The highest BCUT2D eigenvalue weighted by atomic mass is 79.9. The van der Waals surface area contributed by atoms with Crippen LogP contribution in [0.2, 0.25) is 0 Å². The number of amides is 1. The third-order valence-corrected chi connectivity index (χ3v) is 3.26. The fourth-order valence-corrected chi connectivity index (χ4v) is 2.19. The predicted octanol–water partition coefficient (Wildman–Crippen LogP) is 3.55. The number of aryl methyl sites for hydroxylation is 2. The van der Waals surface area contributed by atoms with E-state index in [0.29, 0.717) is 0 Å². The first-order valence-corrected chi connectivity index (χ1v) is 7.14. The molecule has 0 bridgehead atoms. The molecule has 0 aliphatic rings. The maximum absolute atomic E-state index is 12.3. The molecule has 94 valence electrons. The highest BCUT2D eigenvalue weighted by molar-refractivity contribution is 9.09. The Morgan fingerprint density at radius 2 is 1.82 bits per heavy atom. The molecular formula is C14H20BrNO. The molecule has 0 saturated carbocycles. The molecule has 17 heavy (non-hydrogen) atoms. The lowest BCUT2D eigenvalue weighted by atomic mass is 10.1. The molecular weight excluding hydrogens is 278 g/mol. The van der Waals surface area contributed by atoms with E-state index in [2.05, 4.69) is 22.0 Å². The second-order valence-electron chi connectivity index (χ2n) is 4.30. The first-order valence-electron chi connectivity index (χ1n) is 6.02. The van der Waals surface area contributed by atoms with Crippen LogP contribution in [-0.4, -0.2) is 29.2 Å². The van der Waals surface area contributed by atoms with Gasteiger partial charge in [0, 0.05) is 24.0 Å². The van der Waals surface area contributed by atoms with Gasteiger partial charge in [0.15, 0.2) is 0 Å². The second kappa shape index (κ2) is 6.80. The Labute approximate surface area is 112 Å². The van der Waals surface area contributed by atoms with Gasteiger partial charge in [0.1, 0.15) is 0 Å². The Hall–Kier alpha value is -0.830. The highest BCUT2D eigenvalue weighted by Gasteiger charge is 2.13. The molecule has 3 heteroatoms. The van der Waals surface area contributed by atoms with Crippen LogP contribution in [0, 0.1) is 13.8 Å². The van der Waals surface area contributed by atoms with Crippen molar-refractivity contribution in [2.45, 2.75) is 27.2 Å². The van der Waals surface area contributed by atoms with E-state index in [1.54, 1.807) is 0 Å². The van der Waals surface area contributed by atoms with Crippen molar-refractivity contribution >= 4 is 21.8 Å². The molecule has 0 radical (unpaired) electrons. The van der Waals surface area contributed by atoms with E-state index in [1.165, 1.54) is 0 Å². The quantitative estimate of drug-likeness (QED) is 0.761. The average molecular weight is 298 g/mol. The SMILES string of the molecule is CCN(CCCBr)C(=O)c1cc(C)cc(C)c1. The van der Waals surface area contributed by atoms with Gasteiger partial charge in [0.2, 0.25) is 0 Å². The van der Waals surface area contributed by atoms with Gasteiger partial charge in [0.05, 0.1) is 0 Å². The summed E-state index contributed by atoms with van der Waals surface area (Å²) < 4.78 is 0. The lowest BCUT2D eigenvalue weighted by Gasteiger charge is -2.21. The zero-order valence-corrected chi connectivity index (χ0v) is 12.4. The number of rotatable bonds is 5. The van der Waals surface area contributed by atoms with Crippen LogP contribution < -0.4 is 0 Å². The van der Waals surface area contributed by atoms with E-state index in [-0.39, 0.29) is 5.91 Å². The van der Waals surface area contributed by atoms with Crippen LogP contribution in [0.15, 0.2) is 18.2 Å². The number of nitrogens with zero attached hydrogens (tertiary/aromatic N) is 1. The van der Waals surface area contributed by atoms with Gasteiger partial charge >= 0.3 is 0 Å². The molecule has 2 nitrogen and oxygen atoms in total. The Bertz CT molecular complexity index is 370. The van der Waals surface area contributed by atoms with E-state index in [9.17, 15) is 4.79 Å². The largest absolute Gasteiger partial charge is 0.339 e. The van der Waals surface area contributed by atoms with Gasteiger partial charge in [-0.3, -0.25) is 4.79 Å². The number of carbonyl (C=O) groups is 1. The molecule has 0 aromatic heterocycles. The molecule has 1 rings (SSSR count). The molecule has 0 aliphatic heterocycles. The van der Waals surface area contributed by atoms with E-state index in [0.717, 1.165) is 41.5 Å². The lowest BCUT2D eigenvalue weighted by Crippen LogP contribution is -2.32. The number of alkyl halides is 1. The molecule has 0 N–H and O–H groups in total. The van der Waals surface area contributed by atoms with Crippen molar-refractivity contribution in [3.05, 3.63) is 34.9 Å². The third-order valence-electron chi connectivity index (χ3n) is 2.70. The first-order chi connectivity index (χ1) is 8.08. The lowest BCUT2D eigenvalue weighted by molar-refractivity contribution is 0.0765. The van der Waals surface area contributed by atoms with Gasteiger partial charge in [-0.05, 0) is 39.3 Å². The number of carbonyl (C=O) groups excluding carboxylic acids is 1. The molecule has 0 aliphatic carbocycles. The van der Waals surface area contributed by atoms with Crippen LogP contribution in [0.25, 0.3) is 0 Å². The summed E-state index contributed by atoms with van der Waals surface area (Å²) in [6, 6.07) is 6.02. The molecule has 0 spiro atoms. The zero-order valence-electron chi connectivity index (χ0n) is 10.8. The Kier molecular flexibility index (Phi) is 5.69. The van der Waals surface area contributed by atoms with E-state index < -0.39 is 0 Å². The molecule has 0 saturated heterocycles. The number of benzene rings is 1. The highest BCUT2D eigenvalue weighted by Crippen LogP contribution is 2.12. The zero-order chi connectivity index (χ0) is 12.8. The van der Waals surface area contributed by atoms with Crippen LogP contribution in [-0.2, 0) is 0 Å². The van der Waals surface area contributed by atoms with Gasteiger partial charge in [0.25, 0.3) is 5.91 Å². The molecule has 0 fully saturated rings. The molecule has 0 atom stereocenters. The van der Waals surface area contributed by atoms with Crippen LogP contribution in [0.5, 0.6) is 0 Å². The average Bonchev–Trinajstić information content (AvgIpc) is 2.28. The summed E-state index contributed by atoms with van der Waals surface area (Å²) in [7, 11) is 0. The minimum absolute atomic E-state index is 0.139. The summed E-state index contributed by atoms with van der Waals surface area (Å²) in [5, 5.41) is 0.934. The maximum Gasteiger partial charge on any atom is 0.253 e. The minimum Gasteiger partial charge on any atom is -0.339 e. The summed E-state index contributed by atoms with van der Waals surface area (Å²) in [4.78, 5) is 14.2. The van der Waals surface area contributed by atoms with Crippen LogP contribution in [0.1, 0.15) is 34.8 Å². The van der Waals surface area contributed by atoms with Crippen LogP contribution >= 0.6 is 15.9 Å². The van der Waals surface area contributed by atoms with Gasteiger partial charge in [-0.25, -0.2) is 0 Å². The van der Waals surface area contributed by atoms with E-state index in [1.807, 2.05) is 37.8 Å². The number of halogens is 1. The maximum atomic E-state index is 12.3. The van der Waals surface area contributed by atoms with Crippen molar-refractivity contribution in [3.8, 4) is 0 Å². The Morgan fingerprint density at radius 3 is 2.29 bits per heavy atom. The molecule has 0 heterocycles. The number of hydrogen-bond acceptors (Lipinski definition) is 1. The van der Waals surface area contributed by atoms with Gasteiger partial charge in [-0.2, -0.15) is 0 Å². The summed E-state index contributed by atoms with van der Waals surface area (Å²) in [5.41, 5.74) is 3.09.